The van der Waals surface area contributed by atoms with Crippen LogP contribution in [-0.4, -0.2) is 30.4 Å². The van der Waals surface area contributed by atoms with Gasteiger partial charge in [-0.3, -0.25) is 0 Å². The molecule has 0 heterocycles. The summed E-state index contributed by atoms with van der Waals surface area (Å²) in [7, 11) is 0. The molecule has 0 spiro atoms. The van der Waals surface area contributed by atoms with Crippen LogP contribution in [0.3, 0.4) is 0 Å². The first-order valence-electron chi connectivity index (χ1n) is 8.33. The van der Waals surface area contributed by atoms with Gasteiger partial charge in [-0.25, -0.2) is 0 Å². The number of para-hydroxylation sites is 1. The predicted molar refractivity (Wildman–Crippen MR) is 86.9 cm³/mol. The Hall–Kier alpha value is -1.06. The van der Waals surface area contributed by atoms with E-state index < -0.39 is 6.10 Å². The Morgan fingerprint density at radius 3 is 2.71 bits per heavy atom. The molecular formula is C18H29NO2. The molecule has 0 unspecified atom stereocenters. The highest BCUT2D eigenvalue weighted by Crippen LogP contribution is 2.28. The fraction of sp³-hybridized carbons (Fsp3) is 0.667. The quantitative estimate of drug-likeness (QED) is 0.770. The van der Waals surface area contributed by atoms with E-state index in [1.807, 2.05) is 18.2 Å². The number of aliphatic hydroxyl groups is 1. The molecule has 0 saturated heterocycles. The summed E-state index contributed by atoms with van der Waals surface area (Å²) in [5.74, 6) is 1.39. The molecule has 118 valence electrons. The van der Waals surface area contributed by atoms with E-state index in [9.17, 15) is 5.11 Å². The fourth-order valence-corrected chi connectivity index (χ4v) is 2.92. The molecule has 1 aliphatic rings. The Morgan fingerprint density at radius 2 is 2.00 bits per heavy atom. The van der Waals surface area contributed by atoms with Gasteiger partial charge in [-0.2, -0.15) is 0 Å². The third kappa shape index (κ3) is 5.01. The Kier molecular flexibility index (Phi) is 6.52. The molecule has 2 atom stereocenters. The molecule has 1 fully saturated rings. The maximum atomic E-state index is 10.1. The number of aliphatic hydroxyl groups excluding tert-OH is 1. The van der Waals surface area contributed by atoms with Crippen LogP contribution in [0.4, 0.5) is 0 Å². The van der Waals surface area contributed by atoms with Crippen LogP contribution in [0.25, 0.3) is 0 Å². The van der Waals surface area contributed by atoms with Gasteiger partial charge in [-0.1, -0.05) is 44.9 Å². The summed E-state index contributed by atoms with van der Waals surface area (Å²) in [6.45, 7) is 5.37. The van der Waals surface area contributed by atoms with Crippen LogP contribution in [0, 0.1) is 0 Å². The van der Waals surface area contributed by atoms with Crippen LogP contribution >= 0.6 is 0 Å². The second kappa shape index (κ2) is 8.40. The number of hydrogen-bond acceptors (Lipinski definition) is 3. The van der Waals surface area contributed by atoms with Gasteiger partial charge in [-0.15, -0.1) is 0 Å². The highest BCUT2D eigenvalue weighted by atomic mass is 16.5. The van der Waals surface area contributed by atoms with Crippen molar-refractivity contribution in [3.8, 4) is 5.75 Å². The van der Waals surface area contributed by atoms with Crippen molar-refractivity contribution in [1.29, 1.82) is 0 Å². The van der Waals surface area contributed by atoms with Crippen molar-refractivity contribution in [2.24, 2.45) is 0 Å². The summed E-state index contributed by atoms with van der Waals surface area (Å²) >= 11 is 0. The Bertz CT molecular complexity index is 415. The number of ether oxygens (including phenoxy) is 1. The maximum absolute atomic E-state index is 10.1. The monoisotopic (exact) mass is 291 g/mol. The molecular weight excluding hydrogens is 262 g/mol. The zero-order valence-electron chi connectivity index (χ0n) is 13.3. The molecule has 0 amide bonds. The second-order valence-corrected chi connectivity index (χ2v) is 6.20. The summed E-state index contributed by atoms with van der Waals surface area (Å²) in [5.41, 5.74) is 1.23. The normalized spacial score (nSPS) is 18.6. The van der Waals surface area contributed by atoms with Crippen molar-refractivity contribution in [1.82, 2.24) is 5.32 Å². The van der Waals surface area contributed by atoms with Gasteiger partial charge in [0.1, 0.15) is 18.5 Å². The Morgan fingerprint density at radius 1 is 1.29 bits per heavy atom. The minimum atomic E-state index is -0.449. The van der Waals surface area contributed by atoms with Crippen molar-refractivity contribution in [2.75, 3.05) is 13.2 Å². The van der Waals surface area contributed by atoms with Crippen LogP contribution in [0.5, 0.6) is 5.75 Å². The minimum absolute atomic E-state index is 0.354. The lowest BCUT2D eigenvalue weighted by Gasteiger charge is -2.19. The SMILES string of the molecule is CC[C@H](C)c1ccccc1OC[C@H](O)CNC1CCCC1. The largest absolute Gasteiger partial charge is 0.491 e. The summed E-state index contributed by atoms with van der Waals surface area (Å²) < 4.78 is 5.85. The van der Waals surface area contributed by atoms with E-state index >= 15 is 0 Å². The van der Waals surface area contributed by atoms with Gasteiger partial charge < -0.3 is 15.2 Å². The molecule has 0 bridgehead atoms. The molecule has 1 saturated carbocycles. The lowest BCUT2D eigenvalue weighted by Crippen LogP contribution is -2.36. The Labute approximate surface area is 128 Å². The smallest absolute Gasteiger partial charge is 0.122 e. The van der Waals surface area contributed by atoms with Gasteiger partial charge >= 0.3 is 0 Å². The number of benzene rings is 1. The van der Waals surface area contributed by atoms with Gasteiger partial charge in [0, 0.05) is 12.6 Å². The summed E-state index contributed by atoms with van der Waals surface area (Å²) in [5, 5.41) is 13.5. The highest BCUT2D eigenvalue weighted by molar-refractivity contribution is 5.35. The maximum Gasteiger partial charge on any atom is 0.122 e. The standard InChI is InChI=1S/C18H29NO2/c1-3-14(2)17-10-6-7-11-18(17)21-13-16(20)12-19-15-8-4-5-9-15/h6-7,10-11,14-16,19-20H,3-5,8-9,12-13H2,1-2H3/t14-,16+/m0/s1. The summed E-state index contributed by atoms with van der Waals surface area (Å²) in [4.78, 5) is 0. The first-order chi connectivity index (χ1) is 10.2. The molecule has 0 aromatic heterocycles. The minimum Gasteiger partial charge on any atom is -0.491 e. The first-order valence-corrected chi connectivity index (χ1v) is 8.33. The molecule has 1 aliphatic carbocycles. The number of rotatable bonds is 8. The zero-order chi connectivity index (χ0) is 15.1. The van der Waals surface area contributed by atoms with Crippen LogP contribution in [0.15, 0.2) is 24.3 Å². The average molecular weight is 291 g/mol. The third-order valence-corrected chi connectivity index (χ3v) is 4.49. The van der Waals surface area contributed by atoms with Crippen LogP contribution in [0.1, 0.15) is 57.4 Å². The van der Waals surface area contributed by atoms with Gasteiger partial charge in [-0.05, 0) is 36.8 Å². The van der Waals surface area contributed by atoms with E-state index in [0.29, 0.717) is 25.1 Å². The molecule has 2 rings (SSSR count). The third-order valence-electron chi connectivity index (χ3n) is 4.49. The van der Waals surface area contributed by atoms with Gasteiger partial charge in [0.25, 0.3) is 0 Å². The molecule has 1 aromatic carbocycles. The lowest BCUT2D eigenvalue weighted by atomic mass is 9.98. The van der Waals surface area contributed by atoms with E-state index in [4.69, 9.17) is 4.74 Å². The molecule has 3 nitrogen and oxygen atoms in total. The van der Waals surface area contributed by atoms with Gasteiger partial charge in [0.2, 0.25) is 0 Å². The molecule has 21 heavy (non-hydrogen) atoms. The van der Waals surface area contributed by atoms with Crippen molar-refractivity contribution >= 4 is 0 Å². The van der Waals surface area contributed by atoms with Crippen molar-refractivity contribution < 1.29 is 9.84 Å². The average Bonchev–Trinajstić information content (AvgIpc) is 3.04. The van der Waals surface area contributed by atoms with E-state index in [1.54, 1.807) is 0 Å². The topological polar surface area (TPSA) is 41.5 Å². The van der Waals surface area contributed by atoms with Gasteiger partial charge in [0.05, 0.1) is 0 Å². The van der Waals surface area contributed by atoms with Crippen LogP contribution in [-0.2, 0) is 0 Å². The highest BCUT2D eigenvalue weighted by Gasteiger charge is 2.16. The van der Waals surface area contributed by atoms with Crippen molar-refractivity contribution in [2.45, 2.75) is 64.0 Å². The molecule has 0 aliphatic heterocycles. The lowest BCUT2D eigenvalue weighted by molar-refractivity contribution is 0.103. The molecule has 0 radical (unpaired) electrons. The zero-order valence-corrected chi connectivity index (χ0v) is 13.3. The van der Waals surface area contributed by atoms with E-state index in [2.05, 4.69) is 25.2 Å². The predicted octanol–water partition coefficient (Wildman–Crippen LogP) is 3.47. The van der Waals surface area contributed by atoms with E-state index in [-0.39, 0.29) is 0 Å². The first kappa shape index (κ1) is 16.3. The van der Waals surface area contributed by atoms with Gasteiger partial charge in [0.15, 0.2) is 0 Å². The van der Waals surface area contributed by atoms with Crippen molar-refractivity contribution in [3.05, 3.63) is 29.8 Å². The van der Waals surface area contributed by atoms with E-state index in [0.717, 1.165) is 12.2 Å². The molecule has 3 heteroatoms. The fourth-order valence-electron chi connectivity index (χ4n) is 2.92. The van der Waals surface area contributed by atoms with Crippen LogP contribution < -0.4 is 10.1 Å². The van der Waals surface area contributed by atoms with E-state index in [1.165, 1.54) is 31.2 Å². The number of nitrogens with one attached hydrogen (secondary N) is 1. The van der Waals surface area contributed by atoms with Crippen LogP contribution in [0.2, 0.25) is 0 Å². The Balaban J connectivity index is 1.79. The second-order valence-electron chi connectivity index (χ2n) is 6.20. The molecule has 1 aromatic rings. The summed E-state index contributed by atoms with van der Waals surface area (Å²) in [6.07, 6.45) is 5.75. The summed E-state index contributed by atoms with van der Waals surface area (Å²) in [6, 6.07) is 8.74. The van der Waals surface area contributed by atoms with Crippen molar-refractivity contribution in [3.63, 3.8) is 0 Å². The number of hydrogen-bond donors (Lipinski definition) is 2. The molecule has 2 N–H and O–H groups in total.